The summed E-state index contributed by atoms with van der Waals surface area (Å²) in [5.74, 6) is 1.18. The summed E-state index contributed by atoms with van der Waals surface area (Å²) in [6.45, 7) is 1.04. The molecule has 0 fully saturated rings. The van der Waals surface area contributed by atoms with E-state index in [1.165, 1.54) is 5.56 Å². The number of benzene rings is 1. The third-order valence-corrected chi connectivity index (χ3v) is 3.86. The molecule has 0 aliphatic heterocycles. The van der Waals surface area contributed by atoms with Gasteiger partial charge in [0.05, 0.1) is 26.5 Å². The van der Waals surface area contributed by atoms with Gasteiger partial charge in [0, 0.05) is 12.6 Å². The molecule has 6 heteroatoms. The topological polar surface area (TPSA) is 50.8 Å². The molecule has 1 N–H and O–H groups in total. The van der Waals surface area contributed by atoms with Crippen LogP contribution in [-0.2, 0) is 11.3 Å². The van der Waals surface area contributed by atoms with Crippen LogP contribution in [0, 0.1) is 0 Å². The van der Waals surface area contributed by atoms with Crippen molar-refractivity contribution in [2.24, 2.45) is 0 Å². The number of hydrogen-bond acceptors (Lipinski definition) is 5. The maximum absolute atomic E-state index is 12.2. The summed E-state index contributed by atoms with van der Waals surface area (Å²) < 4.78 is 10.4. The Labute approximate surface area is 134 Å². The first-order valence-electron chi connectivity index (χ1n) is 6.84. The molecule has 1 aromatic heterocycles. The van der Waals surface area contributed by atoms with Crippen LogP contribution in [0.5, 0.6) is 11.5 Å². The Bertz CT molecular complexity index is 614. The normalized spacial score (nSPS) is 10.5. The number of nitrogens with one attached hydrogen (secondary N) is 1. The molecule has 0 saturated carbocycles. The summed E-state index contributed by atoms with van der Waals surface area (Å²) in [6.07, 6.45) is 0. The summed E-state index contributed by atoms with van der Waals surface area (Å²) in [5, 5.41) is 6.98. The average molecular weight is 320 g/mol. The molecule has 1 heterocycles. The van der Waals surface area contributed by atoms with Crippen molar-refractivity contribution >= 4 is 22.9 Å². The van der Waals surface area contributed by atoms with Crippen LogP contribution < -0.4 is 14.8 Å². The summed E-state index contributed by atoms with van der Waals surface area (Å²) in [7, 11) is 5.07. The van der Waals surface area contributed by atoms with Gasteiger partial charge in [-0.25, -0.2) is 0 Å². The minimum absolute atomic E-state index is 0.0933. The molecule has 0 aliphatic carbocycles. The number of rotatable bonds is 7. The molecule has 2 aromatic rings. The number of likely N-dealkylation sites (N-methyl/N-ethyl adjacent to an activating group) is 1. The third kappa shape index (κ3) is 4.47. The zero-order valence-electron chi connectivity index (χ0n) is 13.0. The largest absolute Gasteiger partial charge is 0.497 e. The fourth-order valence-corrected chi connectivity index (χ4v) is 2.76. The van der Waals surface area contributed by atoms with Crippen LogP contribution in [0.15, 0.2) is 35.0 Å². The van der Waals surface area contributed by atoms with Crippen LogP contribution in [0.2, 0.25) is 0 Å². The summed E-state index contributed by atoms with van der Waals surface area (Å²) in [4.78, 5) is 14.1. The second kappa shape index (κ2) is 7.82. The molecular weight excluding hydrogens is 300 g/mol. The van der Waals surface area contributed by atoms with E-state index in [9.17, 15) is 4.79 Å². The molecule has 0 unspecified atom stereocenters. The van der Waals surface area contributed by atoms with E-state index in [4.69, 9.17) is 9.47 Å². The Kier molecular flexibility index (Phi) is 5.80. The monoisotopic (exact) mass is 320 g/mol. The van der Waals surface area contributed by atoms with Crippen molar-refractivity contribution in [2.45, 2.75) is 6.54 Å². The number of carbonyl (C=O) groups excluding carboxylic acids is 1. The van der Waals surface area contributed by atoms with Gasteiger partial charge in [0.15, 0.2) is 0 Å². The Morgan fingerprint density at radius 1 is 1.27 bits per heavy atom. The maximum atomic E-state index is 12.2. The highest BCUT2D eigenvalue weighted by molar-refractivity contribution is 7.07. The lowest BCUT2D eigenvalue weighted by molar-refractivity contribution is -0.117. The van der Waals surface area contributed by atoms with Crippen molar-refractivity contribution in [3.63, 3.8) is 0 Å². The van der Waals surface area contributed by atoms with Crippen molar-refractivity contribution in [1.29, 1.82) is 0 Å². The first-order valence-corrected chi connectivity index (χ1v) is 7.78. The van der Waals surface area contributed by atoms with Crippen LogP contribution in [0.3, 0.4) is 0 Å². The Hall–Kier alpha value is -2.05. The van der Waals surface area contributed by atoms with Gasteiger partial charge in [-0.2, -0.15) is 11.3 Å². The fourth-order valence-electron chi connectivity index (χ4n) is 2.10. The molecule has 5 nitrogen and oxygen atoms in total. The zero-order valence-corrected chi connectivity index (χ0v) is 13.8. The van der Waals surface area contributed by atoms with Gasteiger partial charge in [-0.1, -0.05) is 0 Å². The highest BCUT2D eigenvalue weighted by Crippen LogP contribution is 2.28. The van der Waals surface area contributed by atoms with E-state index in [1.807, 2.05) is 17.3 Å². The molecule has 0 aliphatic rings. The van der Waals surface area contributed by atoms with Crippen LogP contribution in [0.25, 0.3) is 0 Å². The fraction of sp³-hybridized carbons (Fsp3) is 0.312. The zero-order chi connectivity index (χ0) is 15.9. The number of methoxy groups -OCH3 is 2. The third-order valence-electron chi connectivity index (χ3n) is 3.13. The van der Waals surface area contributed by atoms with E-state index in [-0.39, 0.29) is 5.91 Å². The van der Waals surface area contributed by atoms with Gasteiger partial charge >= 0.3 is 0 Å². The van der Waals surface area contributed by atoms with Gasteiger partial charge in [0.1, 0.15) is 11.5 Å². The van der Waals surface area contributed by atoms with Crippen LogP contribution in [-0.4, -0.2) is 38.6 Å². The molecule has 1 amide bonds. The van der Waals surface area contributed by atoms with Gasteiger partial charge in [-0.05, 0) is 41.6 Å². The van der Waals surface area contributed by atoms with Crippen molar-refractivity contribution in [2.75, 3.05) is 33.1 Å². The van der Waals surface area contributed by atoms with Crippen LogP contribution in [0.4, 0.5) is 5.69 Å². The van der Waals surface area contributed by atoms with E-state index in [2.05, 4.69) is 16.8 Å². The molecule has 0 radical (unpaired) electrons. The Morgan fingerprint density at radius 2 is 2.09 bits per heavy atom. The molecular formula is C16H20N2O3S. The highest BCUT2D eigenvalue weighted by atomic mass is 32.1. The number of anilines is 1. The maximum Gasteiger partial charge on any atom is 0.238 e. The highest BCUT2D eigenvalue weighted by Gasteiger charge is 2.11. The molecule has 0 atom stereocenters. The number of amides is 1. The Morgan fingerprint density at radius 3 is 2.73 bits per heavy atom. The van der Waals surface area contributed by atoms with E-state index in [0.29, 0.717) is 23.7 Å². The van der Waals surface area contributed by atoms with Crippen molar-refractivity contribution in [3.05, 3.63) is 40.6 Å². The smallest absolute Gasteiger partial charge is 0.238 e. The first-order chi connectivity index (χ1) is 10.6. The second-order valence-corrected chi connectivity index (χ2v) is 5.70. The van der Waals surface area contributed by atoms with Gasteiger partial charge < -0.3 is 14.8 Å². The number of nitrogens with zero attached hydrogens (tertiary/aromatic N) is 1. The van der Waals surface area contributed by atoms with Gasteiger partial charge in [-0.15, -0.1) is 0 Å². The summed E-state index contributed by atoms with van der Waals surface area (Å²) in [6, 6.07) is 7.36. The van der Waals surface area contributed by atoms with Gasteiger partial charge in [0.2, 0.25) is 5.91 Å². The molecule has 118 valence electrons. The lowest BCUT2D eigenvalue weighted by Crippen LogP contribution is -2.29. The first kappa shape index (κ1) is 16.3. The number of carbonyl (C=O) groups is 1. The van der Waals surface area contributed by atoms with E-state index < -0.39 is 0 Å². The number of hydrogen-bond donors (Lipinski definition) is 1. The summed E-state index contributed by atoms with van der Waals surface area (Å²) >= 11 is 1.65. The van der Waals surface area contributed by atoms with E-state index in [0.717, 1.165) is 6.54 Å². The van der Waals surface area contributed by atoms with E-state index >= 15 is 0 Å². The number of thiophene rings is 1. The van der Waals surface area contributed by atoms with Crippen molar-refractivity contribution in [1.82, 2.24) is 4.90 Å². The van der Waals surface area contributed by atoms with E-state index in [1.54, 1.807) is 43.8 Å². The van der Waals surface area contributed by atoms with Gasteiger partial charge in [0.25, 0.3) is 0 Å². The quantitative estimate of drug-likeness (QED) is 0.852. The van der Waals surface area contributed by atoms with Crippen molar-refractivity contribution in [3.8, 4) is 11.5 Å². The molecule has 1 aromatic carbocycles. The minimum Gasteiger partial charge on any atom is -0.497 e. The van der Waals surface area contributed by atoms with Gasteiger partial charge in [-0.3, -0.25) is 9.69 Å². The minimum atomic E-state index is -0.0933. The predicted molar refractivity (Wildman–Crippen MR) is 88.8 cm³/mol. The molecule has 0 bridgehead atoms. The van der Waals surface area contributed by atoms with Crippen LogP contribution in [0.1, 0.15) is 5.56 Å². The lowest BCUT2D eigenvalue weighted by Gasteiger charge is -2.17. The molecule has 0 spiro atoms. The SMILES string of the molecule is COc1ccc(OC)c(NC(=O)CN(C)Cc2ccsc2)c1. The molecule has 2 rings (SSSR count). The number of ether oxygens (including phenoxy) is 2. The summed E-state index contributed by atoms with van der Waals surface area (Å²) in [5.41, 5.74) is 1.81. The Balaban J connectivity index is 1.96. The molecule has 22 heavy (non-hydrogen) atoms. The second-order valence-electron chi connectivity index (χ2n) is 4.92. The predicted octanol–water partition coefficient (Wildman–Crippen LogP) is 2.84. The lowest BCUT2D eigenvalue weighted by atomic mass is 10.2. The molecule has 0 saturated heterocycles. The van der Waals surface area contributed by atoms with Crippen LogP contribution >= 0.6 is 11.3 Å². The van der Waals surface area contributed by atoms with Crippen molar-refractivity contribution < 1.29 is 14.3 Å². The average Bonchev–Trinajstić information content (AvgIpc) is 2.99. The standard InChI is InChI=1S/C16H20N2O3S/c1-18(9-12-6-7-22-11-12)10-16(19)17-14-8-13(20-2)4-5-15(14)21-3/h4-8,11H,9-10H2,1-3H3,(H,17,19).